The van der Waals surface area contributed by atoms with Crippen LogP contribution in [-0.2, 0) is 14.3 Å². The molecule has 2 saturated carbocycles. The Hall–Kier alpha value is -2.82. The van der Waals surface area contributed by atoms with Gasteiger partial charge in [0.1, 0.15) is 6.10 Å². The normalized spacial score (nSPS) is 24.7. The molecule has 5 nitrogen and oxygen atoms in total. The van der Waals surface area contributed by atoms with Gasteiger partial charge < -0.3 is 14.3 Å². The second kappa shape index (κ2) is 8.74. The van der Waals surface area contributed by atoms with Crippen LogP contribution >= 0.6 is 0 Å². The zero-order valence-electron chi connectivity index (χ0n) is 17.8. The second-order valence-corrected chi connectivity index (χ2v) is 8.85. The first kappa shape index (κ1) is 20.1. The standard InChI is InChI=1S/C26H29NO4/c28-25(29-23-16-8-7-13-20(23)19-11-3-1-4-12-19)22-15-6-5-14-21(22)24-27-31-26(30-24)17-9-2-10-18-26/h1,3-6,11-12,14-15,20,23H,2,7-10,13,16-18H2/t20-,23+/m0/s1. The number of nitrogens with zero attached hydrogens (tertiary/aromatic N) is 1. The van der Waals surface area contributed by atoms with E-state index >= 15 is 0 Å². The summed E-state index contributed by atoms with van der Waals surface area (Å²) in [6.07, 6.45) is 9.02. The maximum absolute atomic E-state index is 13.3. The fourth-order valence-corrected chi connectivity index (χ4v) is 5.09. The van der Waals surface area contributed by atoms with Gasteiger partial charge in [0.2, 0.25) is 0 Å². The third-order valence-electron chi connectivity index (χ3n) is 6.76. The Morgan fingerprint density at radius 1 is 0.903 bits per heavy atom. The zero-order chi connectivity index (χ0) is 21.1. The first-order chi connectivity index (χ1) is 15.2. The van der Waals surface area contributed by atoms with Gasteiger partial charge in [0.05, 0.1) is 11.1 Å². The van der Waals surface area contributed by atoms with Gasteiger partial charge in [0.25, 0.3) is 11.7 Å². The van der Waals surface area contributed by atoms with Gasteiger partial charge in [-0.15, -0.1) is 0 Å². The first-order valence-corrected chi connectivity index (χ1v) is 11.5. The molecule has 1 spiro atoms. The quantitative estimate of drug-likeness (QED) is 0.576. The highest BCUT2D eigenvalue weighted by molar-refractivity contribution is 6.05. The molecule has 0 unspecified atom stereocenters. The summed E-state index contributed by atoms with van der Waals surface area (Å²) in [4.78, 5) is 19.0. The van der Waals surface area contributed by atoms with Crippen molar-refractivity contribution in [1.82, 2.24) is 0 Å². The molecular formula is C26H29NO4. The predicted molar refractivity (Wildman–Crippen MR) is 118 cm³/mol. The highest BCUT2D eigenvalue weighted by Crippen LogP contribution is 2.38. The van der Waals surface area contributed by atoms with Gasteiger partial charge in [-0.2, -0.15) is 0 Å². The van der Waals surface area contributed by atoms with Crippen LogP contribution in [0.4, 0.5) is 0 Å². The molecule has 5 rings (SSSR count). The molecule has 2 fully saturated rings. The Morgan fingerprint density at radius 2 is 1.65 bits per heavy atom. The van der Waals surface area contributed by atoms with Crippen molar-refractivity contribution < 1.29 is 19.1 Å². The van der Waals surface area contributed by atoms with E-state index in [-0.39, 0.29) is 18.0 Å². The lowest BCUT2D eigenvalue weighted by atomic mass is 9.81. The van der Waals surface area contributed by atoms with Crippen molar-refractivity contribution in [2.45, 2.75) is 75.6 Å². The van der Waals surface area contributed by atoms with Crippen molar-refractivity contribution in [1.29, 1.82) is 0 Å². The van der Waals surface area contributed by atoms with Crippen molar-refractivity contribution in [3.63, 3.8) is 0 Å². The largest absolute Gasteiger partial charge is 0.458 e. The molecule has 0 amide bonds. The van der Waals surface area contributed by atoms with Crippen LogP contribution in [0, 0.1) is 0 Å². The fraction of sp³-hybridized carbons (Fsp3) is 0.462. The number of oxime groups is 1. The lowest BCUT2D eigenvalue weighted by Gasteiger charge is -2.31. The number of rotatable bonds is 4. The second-order valence-electron chi connectivity index (χ2n) is 8.85. The lowest BCUT2D eigenvalue weighted by molar-refractivity contribution is -0.178. The topological polar surface area (TPSA) is 57.1 Å². The summed E-state index contributed by atoms with van der Waals surface area (Å²) in [6, 6.07) is 17.8. The molecule has 3 aliphatic rings. The average molecular weight is 420 g/mol. The van der Waals surface area contributed by atoms with Crippen LogP contribution in [0.1, 0.15) is 85.2 Å². The van der Waals surface area contributed by atoms with Crippen LogP contribution in [0.2, 0.25) is 0 Å². The van der Waals surface area contributed by atoms with Crippen LogP contribution in [-0.4, -0.2) is 23.8 Å². The van der Waals surface area contributed by atoms with E-state index in [2.05, 4.69) is 29.4 Å². The minimum absolute atomic E-state index is 0.121. The van der Waals surface area contributed by atoms with Crippen LogP contribution < -0.4 is 0 Å². The summed E-state index contributed by atoms with van der Waals surface area (Å²) in [5, 5.41) is 4.22. The van der Waals surface area contributed by atoms with Crippen molar-refractivity contribution in [2.24, 2.45) is 5.16 Å². The Bertz CT molecular complexity index is 949. The average Bonchev–Trinajstić information content (AvgIpc) is 3.23. The molecule has 0 saturated heterocycles. The maximum Gasteiger partial charge on any atom is 0.339 e. The smallest absolute Gasteiger partial charge is 0.339 e. The number of benzene rings is 2. The van der Waals surface area contributed by atoms with Crippen LogP contribution in [0.15, 0.2) is 59.8 Å². The minimum atomic E-state index is -0.660. The molecule has 0 bridgehead atoms. The maximum atomic E-state index is 13.3. The minimum Gasteiger partial charge on any atom is -0.458 e. The highest BCUT2D eigenvalue weighted by Gasteiger charge is 2.43. The van der Waals surface area contributed by atoms with Gasteiger partial charge in [-0.1, -0.05) is 55.3 Å². The molecule has 0 aromatic heterocycles. The Kier molecular flexibility index (Phi) is 5.66. The van der Waals surface area contributed by atoms with Gasteiger partial charge in [-0.3, -0.25) is 0 Å². The van der Waals surface area contributed by atoms with Crippen LogP contribution in [0.5, 0.6) is 0 Å². The number of carbonyl (C=O) groups excluding carboxylic acids is 1. The third kappa shape index (κ3) is 4.18. The first-order valence-electron chi connectivity index (χ1n) is 11.5. The van der Waals surface area contributed by atoms with Gasteiger partial charge in [-0.25, -0.2) is 4.79 Å². The summed E-state index contributed by atoms with van der Waals surface area (Å²) in [5.41, 5.74) is 2.36. The van der Waals surface area contributed by atoms with Gasteiger partial charge in [-0.05, 0) is 55.0 Å². The van der Waals surface area contributed by atoms with E-state index in [0.717, 1.165) is 51.4 Å². The van der Waals surface area contributed by atoms with Crippen LogP contribution in [0.25, 0.3) is 0 Å². The fourth-order valence-electron chi connectivity index (χ4n) is 5.09. The summed E-state index contributed by atoms with van der Waals surface area (Å²) in [7, 11) is 0. The third-order valence-corrected chi connectivity index (χ3v) is 6.76. The molecule has 1 heterocycles. The Balaban J connectivity index is 1.34. The van der Waals surface area contributed by atoms with E-state index in [4.69, 9.17) is 14.3 Å². The summed E-state index contributed by atoms with van der Waals surface area (Å²) in [6.45, 7) is 0. The zero-order valence-corrected chi connectivity index (χ0v) is 17.8. The molecule has 0 N–H and O–H groups in total. The molecule has 0 radical (unpaired) electrons. The van der Waals surface area contributed by atoms with E-state index in [0.29, 0.717) is 17.0 Å². The Labute approximate surface area is 183 Å². The molecule has 162 valence electrons. The molecule has 5 heteroatoms. The summed E-state index contributed by atoms with van der Waals surface area (Å²) < 4.78 is 12.3. The molecular weight excluding hydrogens is 390 g/mol. The van der Waals surface area contributed by atoms with Crippen molar-refractivity contribution >= 4 is 11.9 Å². The predicted octanol–water partition coefficient (Wildman–Crippen LogP) is 5.94. The number of hydrogen-bond donors (Lipinski definition) is 0. The van der Waals surface area contributed by atoms with E-state index in [1.54, 1.807) is 6.07 Å². The van der Waals surface area contributed by atoms with E-state index < -0.39 is 5.79 Å². The molecule has 2 atom stereocenters. The SMILES string of the molecule is O=C(O[C@@H]1CCCC[C@H]1c1ccccc1)c1ccccc1C1=NOC2(CCCCC2)O1. The number of ether oxygens (including phenoxy) is 2. The van der Waals surface area contributed by atoms with Gasteiger partial charge >= 0.3 is 5.97 Å². The molecule has 1 aliphatic heterocycles. The molecule has 31 heavy (non-hydrogen) atoms. The highest BCUT2D eigenvalue weighted by atomic mass is 16.8. The van der Waals surface area contributed by atoms with Crippen LogP contribution in [0.3, 0.4) is 0 Å². The van der Waals surface area contributed by atoms with Gasteiger partial charge in [0, 0.05) is 18.8 Å². The van der Waals surface area contributed by atoms with Gasteiger partial charge in [0.15, 0.2) is 0 Å². The number of carbonyl (C=O) groups is 1. The molecule has 2 aliphatic carbocycles. The van der Waals surface area contributed by atoms with Crippen molar-refractivity contribution in [2.75, 3.05) is 0 Å². The lowest BCUT2D eigenvalue weighted by Crippen LogP contribution is -2.34. The molecule has 2 aromatic rings. The summed E-state index contributed by atoms with van der Waals surface area (Å²) in [5.74, 6) is -0.358. The van der Waals surface area contributed by atoms with Crippen molar-refractivity contribution in [3.05, 3.63) is 71.3 Å². The van der Waals surface area contributed by atoms with Crippen molar-refractivity contribution in [3.8, 4) is 0 Å². The molecule has 2 aromatic carbocycles. The number of hydrogen-bond acceptors (Lipinski definition) is 5. The van der Waals surface area contributed by atoms with E-state index in [1.165, 1.54) is 12.0 Å². The Morgan fingerprint density at radius 3 is 2.48 bits per heavy atom. The van der Waals surface area contributed by atoms with E-state index in [1.807, 2.05) is 24.3 Å². The summed E-state index contributed by atoms with van der Waals surface area (Å²) >= 11 is 0. The monoisotopic (exact) mass is 419 g/mol. The van der Waals surface area contributed by atoms with E-state index in [9.17, 15) is 4.79 Å². The number of esters is 1.